The molecule has 4 rings (SSSR count). The number of hydrogen-bond donors (Lipinski definition) is 0. The van der Waals surface area contributed by atoms with Crippen LogP contribution in [0.2, 0.25) is 0 Å². The van der Waals surface area contributed by atoms with Crippen LogP contribution in [0, 0.1) is 27.7 Å². The Kier molecular flexibility index (Phi) is 7.26. The molecule has 1 fully saturated rings. The van der Waals surface area contributed by atoms with Crippen LogP contribution in [0.15, 0.2) is 59.5 Å². The summed E-state index contributed by atoms with van der Waals surface area (Å²) >= 11 is 1.66. The fourth-order valence-electron chi connectivity index (χ4n) is 4.49. The van der Waals surface area contributed by atoms with Crippen molar-refractivity contribution in [2.24, 2.45) is 0 Å². The van der Waals surface area contributed by atoms with Gasteiger partial charge in [0.05, 0.1) is 18.0 Å². The summed E-state index contributed by atoms with van der Waals surface area (Å²) in [7, 11) is -3.80. The van der Waals surface area contributed by atoms with Crippen LogP contribution < -0.4 is 0 Å². The summed E-state index contributed by atoms with van der Waals surface area (Å²) in [6.07, 6.45) is 1.58. The molecular weight excluding hydrogens is 464 g/mol. The predicted octanol–water partition coefficient (Wildman–Crippen LogP) is 5.36. The second-order valence-electron chi connectivity index (χ2n) is 9.26. The van der Waals surface area contributed by atoms with Crippen molar-refractivity contribution in [2.75, 3.05) is 6.54 Å². The van der Waals surface area contributed by atoms with Gasteiger partial charge in [-0.1, -0.05) is 48.0 Å². The minimum atomic E-state index is -3.80. The van der Waals surface area contributed by atoms with Crippen LogP contribution in [0.1, 0.15) is 44.8 Å². The molecule has 34 heavy (non-hydrogen) atoms. The molecule has 3 aromatic rings. The molecule has 7 heteroatoms. The summed E-state index contributed by atoms with van der Waals surface area (Å²) in [5, 5.41) is 0. The van der Waals surface area contributed by atoms with Crippen LogP contribution in [0.4, 0.5) is 0 Å². The number of benzene rings is 2. The van der Waals surface area contributed by atoms with Crippen molar-refractivity contribution < 1.29 is 13.2 Å². The van der Waals surface area contributed by atoms with Crippen molar-refractivity contribution in [3.63, 3.8) is 0 Å². The molecule has 0 N–H and O–H groups in total. The molecular formula is C27H32N2O3S2. The van der Waals surface area contributed by atoms with E-state index in [1.54, 1.807) is 16.2 Å². The fourth-order valence-corrected chi connectivity index (χ4v) is 7.45. The summed E-state index contributed by atoms with van der Waals surface area (Å²) in [5.74, 6) is -0.173. The van der Waals surface area contributed by atoms with Crippen LogP contribution in [0.3, 0.4) is 0 Å². The SMILES string of the molecule is Cc1cc(C)c(S(=O)(=O)N(CC(=O)N(Cc2ccccc2)Cc2ccc(C)s2)C2CC2)c(C)c1. The lowest BCUT2D eigenvalue weighted by Gasteiger charge is -2.28. The molecule has 0 saturated heterocycles. The first-order chi connectivity index (χ1) is 16.1. The maximum absolute atomic E-state index is 13.8. The smallest absolute Gasteiger partial charge is 0.244 e. The molecule has 180 valence electrons. The lowest BCUT2D eigenvalue weighted by Crippen LogP contribution is -2.43. The molecule has 0 radical (unpaired) electrons. The number of thiophene rings is 1. The third kappa shape index (κ3) is 5.59. The van der Waals surface area contributed by atoms with Gasteiger partial charge in [0, 0.05) is 22.3 Å². The highest BCUT2D eigenvalue weighted by Gasteiger charge is 2.41. The lowest BCUT2D eigenvalue weighted by molar-refractivity contribution is -0.132. The summed E-state index contributed by atoms with van der Waals surface area (Å²) in [4.78, 5) is 18.0. The van der Waals surface area contributed by atoms with Gasteiger partial charge in [-0.15, -0.1) is 11.3 Å². The number of hydrogen-bond acceptors (Lipinski definition) is 4. The van der Waals surface area contributed by atoms with Crippen molar-refractivity contribution in [3.8, 4) is 0 Å². The van der Waals surface area contributed by atoms with Gasteiger partial charge >= 0.3 is 0 Å². The van der Waals surface area contributed by atoms with Crippen LogP contribution in [0.25, 0.3) is 0 Å². The minimum Gasteiger partial charge on any atom is -0.332 e. The van der Waals surface area contributed by atoms with Crippen molar-refractivity contribution in [1.82, 2.24) is 9.21 Å². The van der Waals surface area contributed by atoms with Gasteiger partial charge < -0.3 is 4.90 Å². The Hall–Kier alpha value is -2.48. The number of amides is 1. The second-order valence-corrected chi connectivity index (χ2v) is 12.5. The van der Waals surface area contributed by atoms with Crippen LogP contribution >= 0.6 is 11.3 Å². The normalized spacial score (nSPS) is 13.9. The van der Waals surface area contributed by atoms with Gasteiger partial charge in [0.15, 0.2) is 0 Å². The maximum atomic E-state index is 13.8. The molecule has 1 heterocycles. The molecule has 1 aliphatic rings. The average Bonchev–Trinajstić information content (AvgIpc) is 3.52. The van der Waals surface area contributed by atoms with E-state index in [-0.39, 0.29) is 18.5 Å². The molecule has 0 atom stereocenters. The molecule has 1 saturated carbocycles. The number of aryl methyl sites for hydroxylation is 4. The quantitative estimate of drug-likeness (QED) is 0.401. The molecule has 2 aromatic carbocycles. The summed E-state index contributed by atoms with van der Waals surface area (Å²) in [6, 6.07) is 17.6. The Labute approximate surface area is 207 Å². The number of nitrogens with zero attached hydrogens (tertiary/aromatic N) is 2. The summed E-state index contributed by atoms with van der Waals surface area (Å²) < 4.78 is 29.0. The molecule has 0 unspecified atom stereocenters. The Bertz CT molecular complexity index is 1260. The Balaban J connectivity index is 1.63. The zero-order valence-electron chi connectivity index (χ0n) is 20.2. The third-order valence-corrected chi connectivity index (χ3v) is 9.32. The van der Waals surface area contributed by atoms with Gasteiger partial charge in [-0.3, -0.25) is 4.79 Å². The monoisotopic (exact) mass is 496 g/mol. The van der Waals surface area contributed by atoms with E-state index in [9.17, 15) is 13.2 Å². The highest BCUT2D eigenvalue weighted by atomic mass is 32.2. The van der Waals surface area contributed by atoms with E-state index in [1.807, 2.05) is 76.2 Å². The minimum absolute atomic E-state index is 0.114. The molecule has 1 aliphatic carbocycles. The molecule has 5 nitrogen and oxygen atoms in total. The van der Waals surface area contributed by atoms with Gasteiger partial charge in [-0.2, -0.15) is 4.31 Å². The second kappa shape index (κ2) is 10.0. The van der Waals surface area contributed by atoms with Crippen LogP contribution in [0.5, 0.6) is 0 Å². The molecule has 0 bridgehead atoms. The zero-order chi connectivity index (χ0) is 24.5. The largest absolute Gasteiger partial charge is 0.332 e. The topological polar surface area (TPSA) is 57.7 Å². The average molecular weight is 497 g/mol. The third-order valence-electron chi connectivity index (χ3n) is 6.13. The maximum Gasteiger partial charge on any atom is 0.244 e. The van der Waals surface area contributed by atoms with E-state index in [2.05, 4.69) is 6.07 Å². The number of carbonyl (C=O) groups excluding carboxylic acids is 1. The fraction of sp³-hybridized carbons (Fsp3) is 0.370. The van der Waals surface area contributed by atoms with E-state index in [4.69, 9.17) is 0 Å². The van der Waals surface area contributed by atoms with E-state index in [1.165, 1.54) is 9.18 Å². The Morgan fingerprint density at radius 3 is 2.15 bits per heavy atom. The van der Waals surface area contributed by atoms with Gasteiger partial charge in [0.1, 0.15) is 0 Å². The van der Waals surface area contributed by atoms with Crippen molar-refractivity contribution in [1.29, 1.82) is 0 Å². The van der Waals surface area contributed by atoms with E-state index >= 15 is 0 Å². The lowest BCUT2D eigenvalue weighted by atomic mass is 10.1. The molecule has 0 aliphatic heterocycles. The standard InChI is InChI=1S/C27H32N2O3S2/c1-19-14-20(2)27(21(3)15-19)34(31,32)29(24-11-12-24)18-26(30)28(16-23-8-6-5-7-9-23)17-25-13-10-22(4)33-25/h5-10,13-15,24H,11-12,16-18H2,1-4H3. The predicted molar refractivity (Wildman–Crippen MR) is 137 cm³/mol. The summed E-state index contributed by atoms with van der Waals surface area (Å²) in [5.41, 5.74) is 3.51. The van der Waals surface area contributed by atoms with Gasteiger partial charge in [0.25, 0.3) is 0 Å². The first-order valence-electron chi connectivity index (χ1n) is 11.6. The van der Waals surface area contributed by atoms with Gasteiger partial charge in [-0.05, 0) is 69.4 Å². The van der Waals surface area contributed by atoms with Crippen LogP contribution in [-0.4, -0.2) is 36.1 Å². The molecule has 0 spiro atoms. The van der Waals surface area contributed by atoms with Crippen molar-refractivity contribution in [2.45, 2.75) is 64.6 Å². The Morgan fingerprint density at radius 1 is 0.941 bits per heavy atom. The van der Waals surface area contributed by atoms with E-state index in [0.29, 0.717) is 18.0 Å². The first-order valence-corrected chi connectivity index (χ1v) is 13.9. The van der Waals surface area contributed by atoms with Gasteiger partial charge in [0.2, 0.25) is 15.9 Å². The van der Waals surface area contributed by atoms with Crippen molar-refractivity contribution in [3.05, 3.63) is 86.6 Å². The number of sulfonamides is 1. The highest BCUT2D eigenvalue weighted by molar-refractivity contribution is 7.89. The van der Waals surface area contributed by atoms with Gasteiger partial charge in [-0.25, -0.2) is 8.42 Å². The van der Waals surface area contributed by atoms with Crippen molar-refractivity contribution >= 4 is 27.3 Å². The number of carbonyl (C=O) groups is 1. The van der Waals surface area contributed by atoms with Crippen LogP contribution in [-0.2, 0) is 27.9 Å². The number of rotatable bonds is 9. The molecule has 1 aromatic heterocycles. The zero-order valence-corrected chi connectivity index (χ0v) is 21.9. The van der Waals surface area contributed by atoms with E-state index in [0.717, 1.165) is 40.0 Å². The Morgan fingerprint density at radius 2 is 1.59 bits per heavy atom. The summed E-state index contributed by atoms with van der Waals surface area (Å²) in [6.45, 7) is 8.45. The first kappa shape index (κ1) is 24.6. The molecule has 1 amide bonds. The highest BCUT2D eigenvalue weighted by Crippen LogP contribution is 2.34. The van der Waals surface area contributed by atoms with E-state index < -0.39 is 10.0 Å².